The van der Waals surface area contributed by atoms with Crippen LogP contribution in [0.2, 0.25) is 0 Å². The van der Waals surface area contributed by atoms with Gasteiger partial charge in [0, 0.05) is 30.1 Å². The van der Waals surface area contributed by atoms with Crippen LogP contribution in [-0.2, 0) is 7.05 Å². The number of amides is 2. The molecule has 0 saturated heterocycles. The first-order chi connectivity index (χ1) is 18.6. The lowest BCUT2D eigenvalue weighted by molar-refractivity contribution is 0.0696. The second-order valence-corrected chi connectivity index (χ2v) is 8.10. The molecule has 1 aromatic heterocycles. The van der Waals surface area contributed by atoms with Crippen molar-refractivity contribution in [2.24, 2.45) is 12.8 Å². The van der Waals surface area contributed by atoms with E-state index in [1.807, 2.05) is 36.4 Å². The Balaban J connectivity index is 0.000000395. The van der Waals surface area contributed by atoms with E-state index >= 15 is 0 Å². The molecule has 0 saturated carbocycles. The zero-order valence-electron chi connectivity index (χ0n) is 21.0. The van der Waals surface area contributed by atoms with Gasteiger partial charge in [-0.1, -0.05) is 36.3 Å². The third kappa shape index (κ3) is 7.36. The Morgan fingerprint density at radius 2 is 1.69 bits per heavy atom. The van der Waals surface area contributed by atoms with Crippen LogP contribution in [0.4, 0.5) is 14.5 Å². The SMILES string of the molecule is CC#Cc1ccc(-c2ccccc2NC(=O)c2ccc(C(=O)O)cc2C(N)=O)cc1.Cn1ccc(C(F)F)n1. The molecule has 0 fully saturated rings. The van der Waals surface area contributed by atoms with E-state index in [9.17, 15) is 23.2 Å². The number of para-hydroxylation sites is 1. The fourth-order valence-corrected chi connectivity index (χ4v) is 3.54. The van der Waals surface area contributed by atoms with Crippen molar-refractivity contribution >= 4 is 23.5 Å². The summed E-state index contributed by atoms with van der Waals surface area (Å²) in [6, 6.07) is 19.7. The minimum absolute atomic E-state index is 0.00382. The standard InChI is InChI=1S/C24H18N2O4.C5H6F2N2/c1-2-5-15-8-10-16(11-9-15)18-6-3-4-7-21(18)26-23(28)19-13-12-17(24(29)30)14-20(19)22(25)27;1-9-3-2-4(8-9)5(6)7/h3-4,6-14H,1H3,(H2,25,27)(H,26,28)(H,29,30);2-3,5H,1H3. The van der Waals surface area contributed by atoms with Crippen LogP contribution < -0.4 is 11.1 Å². The first-order valence-electron chi connectivity index (χ1n) is 11.5. The lowest BCUT2D eigenvalue weighted by Gasteiger charge is -2.13. The predicted octanol–water partition coefficient (Wildman–Crippen LogP) is 5.13. The number of anilines is 1. The molecular formula is C29H24F2N4O4. The van der Waals surface area contributed by atoms with Gasteiger partial charge < -0.3 is 16.2 Å². The number of nitrogens with one attached hydrogen (secondary N) is 1. The molecule has 10 heteroatoms. The number of rotatable bonds is 6. The number of hydrogen-bond donors (Lipinski definition) is 3. The lowest BCUT2D eigenvalue weighted by atomic mass is 10.0. The molecule has 198 valence electrons. The van der Waals surface area contributed by atoms with Crippen LogP contribution in [0.3, 0.4) is 0 Å². The van der Waals surface area contributed by atoms with E-state index < -0.39 is 24.2 Å². The van der Waals surface area contributed by atoms with E-state index in [2.05, 4.69) is 22.3 Å². The number of carboxylic acid groups (broad SMARTS) is 1. The van der Waals surface area contributed by atoms with Crippen molar-refractivity contribution < 1.29 is 28.3 Å². The van der Waals surface area contributed by atoms with Gasteiger partial charge in [-0.05, 0) is 55.0 Å². The Morgan fingerprint density at radius 3 is 2.23 bits per heavy atom. The number of carbonyl (C=O) groups is 3. The number of nitrogens with zero attached hydrogens (tertiary/aromatic N) is 2. The van der Waals surface area contributed by atoms with Crippen LogP contribution in [0.1, 0.15) is 55.7 Å². The molecule has 0 atom stereocenters. The van der Waals surface area contributed by atoms with Gasteiger partial charge in [0.05, 0.1) is 16.7 Å². The summed E-state index contributed by atoms with van der Waals surface area (Å²) in [7, 11) is 1.60. The molecule has 1 heterocycles. The van der Waals surface area contributed by atoms with E-state index in [1.54, 1.807) is 26.1 Å². The number of hydrogen-bond acceptors (Lipinski definition) is 4. The molecule has 4 rings (SSSR count). The Morgan fingerprint density at radius 1 is 1.00 bits per heavy atom. The minimum atomic E-state index is -2.45. The fraction of sp³-hybridized carbons (Fsp3) is 0.103. The topological polar surface area (TPSA) is 127 Å². The van der Waals surface area contributed by atoms with Crippen molar-refractivity contribution in [3.05, 3.63) is 107 Å². The molecule has 8 nitrogen and oxygen atoms in total. The molecule has 0 radical (unpaired) electrons. The number of carbonyl (C=O) groups excluding carboxylic acids is 2. The van der Waals surface area contributed by atoms with Crippen LogP contribution in [0.15, 0.2) is 79.0 Å². The molecule has 4 N–H and O–H groups in total. The maximum absolute atomic E-state index is 12.9. The highest BCUT2D eigenvalue weighted by Gasteiger charge is 2.19. The second kappa shape index (κ2) is 12.8. The number of aromatic carboxylic acids is 1. The van der Waals surface area contributed by atoms with Crippen molar-refractivity contribution in [1.29, 1.82) is 0 Å². The Hall–Kier alpha value is -5.30. The molecule has 0 aliphatic carbocycles. The maximum atomic E-state index is 12.9. The molecular weight excluding hydrogens is 506 g/mol. The highest BCUT2D eigenvalue weighted by molar-refractivity contribution is 6.13. The summed E-state index contributed by atoms with van der Waals surface area (Å²) >= 11 is 0. The lowest BCUT2D eigenvalue weighted by Crippen LogP contribution is -2.21. The zero-order chi connectivity index (χ0) is 28.5. The van der Waals surface area contributed by atoms with Gasteiger partial charge in [-0.15, -0.1) is 5.92 Å². The summed E-state index contributed by atoms with van der Waals surface area (Å²) in [6.45, 7) is 1.77. The number of aromatic nitrogens is 2. The van der Waals surface area contributed by atoms with Gasteiger partial charge in [-0.2, -0.15) is 5.10 Å². The van der Waals surface area contributed by atoms with Crippen LogP contribution in [0.25, 0.3) is 11.1 Å². The number of primary amides is 1. The van der Waals surface area contributed by atoms with E-state index in [0.29, 0.717) is 5.69 Å². The molecule has 3 aromatic carbocycles. The molecule has 39 heavy (non-hydrogen) atoms. The van der Waals surface area contributed by atoms with Gasteiger partial charge in [-0.25, -0.2) is 13.6 Å². The highest BCUT2D eigenvalue weighted by atomic mass is 19.3. The van der Waals surface area contributed by atoms with Gasteiger partial charge in [0.15, 0.2) is 0 Å². The van der Waals surface area contributed by atoms with E-state index in [4.69, 9.17) is 10.8 Å². The van der Waals surface area contributed by atoms with Gasteiger partial charge in [0.25, 0.3) is 12.3 Å². The van der Waals surface area contributed by atoms with Gasteiger partial charge in [0.2, 0.25) is 5.91 Å². The summed E-state index contributed by atoms with van der Waals surface area (Å²) in [5.41, 5.74) is 7.97. The molecule has 2 amide bonds. The van der Waals surface area contributed by atoms with Crippen molar-refractivity contribution in [3.8, 4) is 23.0 Å². The van der Waals surface area contributed by atoms with E-state index in [1.165, 1.54) is 29.1 Å². The third-order valence-electron chi connectivity index (χ3n) is 5.37. The van der Waals surface area contributed by atoms with Crippen LogP contribution >= 0.6 is 0 Å². The summed E-state index contributed by atoms with van der Waals surface area (Å²) in [5, 5.41) is 15.4. The molecule has 4 aromatic rings. The number of alkyl halides is 2. The first kappa shape index (κ1) is 28.3. The summed E-state index contributed by atoms with van der Waals surface area (Å²) in [4.78, 5) is 35.8. The molecule has 0 aliphatic heterocycles. The van der Waals surface area contributed by atoms with Crippen LogP contribution in [0.5, 0.6) is 0 Å². The minimum Gasteiger partial charge on any atom is -0.478 e. The normalized spacial score (nSPS) is 10.1. The average Bonchev–Trinajstić information content (AvgIpc) is 3.36. The smallest absolute Gasteiger partial charge is 0.335 e. The Kier molecular flexibility index (Phi) is 9.27. The third-order valence-corrected chi connectivity index (χ3v) is 5.37. The Bertz CT molecular complexity index is 1570. The van der Waals surface area contributed by atoms with Crippen molar-refractivity contribution in [2.75, 3.05) is 5.32 Å². The molecule has 0 unspecified atom stereocenters. The van der Waals surface area contributed by atoms with Crippen molar-refractivity contribution in [1.82, 2.24) is 9.78 Å². The molecule has 0 bridgehead atoms. The second-order valence-electron chi connectivity index (χ2n) is 8.10. The van der Waals surface area contributed by atoms with Crippen LogP contribution in [0, 0.1) is 11.8 Å². The van der Waals surface area contributed by atoms with Gasteiger partial charge in [-0.3, -0.25) is 14.3 Å². The van der Waals surface area contributed by atoms with Crippen molar-refractivity contribution in [3.63, 3.8) is 0 Å². The number of carboxylic acids is 1. The maximum Gasteiger partial charge on any atom is 0.335 e. The first-order valence-corrected chi connectivity index (χ1v) is 11.5. The predicted molar refractivity (Wildman–Crippen MR) is 142 cm³/mol. The Labute approximate surface area is 223 Å². The van der Waals surface area contributed by atoms with E-state index in [0.717, 1.165) is 22.8 Å². The van der Waals surface area contributed by atoms with Crippen molar-refractivity contribution in [2.45, 2.75) is 13.3 Å². The van der Waals surface area contributed by atoms with E-state index in [-0.39, 0.29) is 22.4 Å². The molecule has 0 aliphatic rings. The van der Waals surface area contributed by atoms with Gasteiger partial charge in [0.1, 0.15) is 5.69 Å². The van der Waals surface area contributed by atoms with Crippen LogP contribution in [-0.4, -0.2) is 32.7 Å². The zero-order valence-corrected chi connectivity index (χ0v) is 21.0. The molecule has 0 spiro atoms. The summed E-state index contributed by atoms with van der Waals surface area (Å²) in [5.74, 6) is 3.15. The summed E-state index contributed by atoms with van der Waals surface area (Å²) < 4.78 is 24.8. The monoisotopic (exact) mass is 530 g/mol. The number of aryl methyl sites for hydroxylation is 1. The highest BCUT2D eigenvalue weighted by Crippen LogP contribution is 2.29. The fourth-order valence-electron chi connectivity index (χ4n) is 3.54. The number of halogens is 2. The number of nitrogens with two attached hydrogens (primary N) is 1. The largest absolute Gasteiger partial charge is 0.478 e. The van der Waals surface area contributed by atoms with Gasteiger partial charge >= 0.3 is 5.97 Å². The average molecular weight is 531 g/mol. The number of benzene rings is 3. The quantitative estimate of drug-likeness (QED) is 0.298. The summed E-state index contributed by atoms with van der Waals surface area (Å²) in [6.07, 6.45) is -0.965.